The molecule has 0 saturated heterocycles. The Kier molecular flexibility index (Phi) is 54.7. The summed E-state index contributed by atoms with van der Waals surface area (Å²) >= 11 is 0. The summed E-state index contributed by atoms with van der Waals surface area (Å²) in [6, 6.07) is -0.618. The van der Waals surface area contributed by atoms with Gasteiger partial charge >= 0.3 is 0 Å². The Morgan fingerprint density at radius 2 is 0.587 bits per heavy atom. The molecule has 376 valence electrons. The Morgan fingerprint density at radius 3 is 0.825 bits per heavy atom. The Morgan fingerprint density at radius 1 is 0.365 bits per heavy atom. The van der Waals surface area contributed by atoms with E-state index in [0.717, 1.165) is 25.7 Å². The average molecular weight is 889 g/mol. The Hall–Kier alpha value is -0.870. The van der Waals surface area contributed by atoms with E-state index in [2.05, 4.69) is 19.2 Å². The van der Waals surface area contributed by atoms with Gasteiger partial charge in [-0.05, 0) is 19.3 Å². The van der Waals surface area contributed by atoms with Crippen molar-refractivity contribution in [2.45, 2.75) is 353 Å². The lowest BCUT2D eigenvalue weighted by Crippen LogP contribution is -2.45. The molecular formula is C59H117NO3. The molecule has 2 unspecified atom stereocenters. The first-order valence-electron chi connectivity index (χ1n) is 29.4. The van der Waals surface area contributed by atoms with Crippen molar-refractivity contribution in [2.75, 3.05) is 6.61 Å². The van der Waals surface area contributed by atoms with Gasteiger partial charge in [0, 0.05) is 6.42 Å². The van der Waals surface area contributed by atoms with Crippen LogP contribution in [0.2, 0.25) is 0 Å². The van der Waals surface area contributed by atoms with Crippen molar-refractivity contribution in [3.05, 3.63) is 12.2 Å². The molecule has 0 aromatic rings. The smallest absolute Gasteiger partial charge is 0.220 e. The minimum absolute atomic E-state index is 0.0553. The third kappa shape index (κ3) is 52.0. The van der Waals surface area contributed by atoms with Crippen LogP contribution in [0, 0.1) is 0 Å². The molecule has 0 aliphatic rings. The van der Waals surface area contributed by atoms with Crippen molar-refractivity contribution >= 4 is 5.91 Å². The second-order valence-corrected chi connectivity index (χ2v) is 20.4. The highest BCUT2D eigenvalue weighted by Crippen LogP contribution is 2.18. The first-order chi connectivity index (χ1) is 31.2. The molecule has 2 atom stereocenters. The van der Waals surface area contributed by atoms with Gasteiger partial charge in [-0.3, -0.25) is 4.79 Å². The molecule has 63 heavy (non-hydrogen) atoms. The lowest BCUT2D eigenvalue weighted by Gasteiger charge is -2.20. The third-order valence-electron chi connectivity index (χ3n) is 14.0. The minimum atomic E-state index is -0.836. The van der Waals surface area contributed by atoms with Gasteiger partial charge in [0.2, 0.25) is 5.91 Å². The molecule has 0 fully saturated rings. The number of rotatable bonds is 55. The molecule has 0 spiro atoms. The maximum atomic E-state index is 12.5. The average Bonchev–Trinajstić information content (AvgIpc) is 3.29. The number of allylic oxidation sites excluding steroid dienone is 1. The predicted molar refractivity (Wildman–Crippen MR) is 281 cm³/mol. The summed E-state index contributed by atoms with van der Waals surface area (Å²) in [5.74, 6) is -0.0553. The van der Waals surface area contributed by atoms with E-state index < -0.39 is 12.1 Å². The highest BCUT2D eigenvalue weighted by Gasteiger charge is 2.18. The maximum Gasteiger partial charge on any atom is 0.220 e. The van der Waals surface area contributed by atoms with Crippen molar-refractivity contribution < 1.29 is 15.0 Å². The summed E-state index contributed by atoms with van der Waals surface area (Å²) < 4.78 is 0. The summed E-state index contributed by atoms with van der Waals surface area (Å²) in [6.07, 6.45) is 72.5. The largest absolute Gasteiger partial charge is 0.394 e. The van der Waals surface area contributed by atoms with Crippen LogP contribution in [0.25, 0.3) is 0 Å². The number of carbonyl (C=O) groups is 1. The van der Waals surface area contributed by atoms with Crippen molar-refractivity contribution in [1.82, 2.24) is 5.32 Å². The zero-order valence-electron chi connectivity index (χ0n) is 43.4. The fraction of sp³-hybridized carbons (Fsp3) is 0.949. The minimum Gasteiger partial charge on any atom is -0.394 e. The number of hydrogen-bond acceptors (Lipinski definition) is 3. The highest BCUT2D eigenvalue weighted by atomic mass is 16.3. The Labute approximate surface area is 397 Å². The van der Waals surface area contributed by atoms with Gasteiger partial charge < -0.3 is 15.5 Å². The maximum absolute atomic E-state index is 12.5. The molecule has 3 N–H and O–H groups in total. The SMILES string of the molecule is CCCCCCCCCCCCCCCCCCCCCCCCCCCCC/C=C/C(O)C(CO)NC(=O)CCCCCCCCCCCCCCCCCCCCCCCC. The molecule has 1 amide bonds. The number of aliphatic hydroxyl groups is 2. The first kappa shape index (κ1) is 62.1. The molecule has 0 aromatic heterocycles. The van der Waals surface area contributed by atoms with Crippen LogP contribution in [0.1, 0.15) is 341 Å². The topological polar surface area (TPSA) is 69.6 Å². The standard InChI is InChI=1S/C59H117NO3/c1-3-5-7-9-11-13-15-17-19-21-23-25-27-28-29-30-31-32-33-34-36-38-40-42-44-46-48-50-52-54-58(62)57(56-61)60-59(63)55-53-51-49-47-45-43-41-39-37-35-26-24-22-20-18-16-14-12-10-8-6-4-2/h52,54,57-58,61-62H,3-51,53,55-56H2,1-2H3,(H,60,63)/b54-52+. The van der Waals surface area contributed by atoms with Crippen LogP contribution in [0.5, 0.6) is 0 Å². The van der Waals surface area contributed by atoms with Crippen LogP contribution < -0.4 is 5.32 Å². The normalized spacial score (nSPS) is 12.8. The molecule has 0 aromatic carbocycles. The second kappa shape index (κ2) is 55.5. The molecule has 0 radical (unpaired) electrons. The predicted octanol–water partition coefficient (Wildman–Crippen LogP) is 19.3. The number of unbranched alkanes of at least 4 members (excludes halogenated alkanes) is 48. The highest BCUT2D eigenvalue weighted by molar-refractivity contribution is 5.76. The van der Waals surface area contributed by atoms with Gasteiger partial charge in [-0.25, -0.2) is 0 Å². The summed E-state index contributed by atoms with van der Waals surface area (Å²) in [4.78, 5) is 12.5. The van der Waals surface area contributed by atoms with Crippen LogP contribution in [-0.4, -0.2) is 34.9 Å². The Bertz CT molecular complexity index is 875. The van der Waals surface area contributed by atoms with E-state index in [9.17, 15) is 15.0 Å². The van der Waals surface area contributed by atoms with Crippen LogP contribution >= 0.6 is 0 Å². The number of carbonyl (C=O) groups excluding carboxylic acids is 1. The second-order valence-electron chi connectivity index (χ2n) is 20.4. The molecule has 0 saturated carbocycles. The molecular weight excluding hydrogens is 771 g/mol. The van der Waals surface area contributed by atoms with Crippen LogP contribution in [-0.2, 0) is 4.79 Å². The van der Waals surface area contributed by atoms with E-state index in [1.54, 1.807) is 6.08 Å². The van der Waals surface area contributed by atoms with E-state index in [-0.39, 0.29) is 12.5 Å². The number of aliphatic hydroxyl groups excluding tert-OH is 2. The van der Waals surface area contributed by atoms with Crippen molar-refractivity contribution in [3.63, 3.8) is 0 Å². The molecule has 0 heterocycles. The van der Waals surface area contributed by atoms with Gasteiger partial charge in [-0.1, -0.05) is 328 Å². The monoisotopic (exact) mass is 888 g/mol. The van der Waals surface area contributed by atoms with Crippen LogP contribution in [0.3, 0.4) is 0 Å². The summed E-state index contributed by atoms with van der Waals surface area (Å²) in [6.45, 7) is 4.36. The van der Waals surface area contributed by atoms with Crippen LogP contribution in [0.4, 0.5) is 0 Å². The van der Waals surface area contributed by atoms with Gasteiger partial charge in [0.1, 0.15) is 0 Å². The summed E-state index contributed by atoms with van der Waals surface area (Å²) in [7, 11) is 0. The van der Waals surface area contributed by atoms with Gasteiger partial charge in [-0.2, -0.15) is 0 Å². The summed E-state index contributed by atoms with van der Waals surface area (Å²) in [5, 5.41) is 23.2. The fourth-order valence-corrected chi connectivity index (χ4v) is 9.54. The summed E-state index contributed by atoms with van der Waals surface area (Å²) in [5.41, 5.74) is 0. The third-order valence-corrected chi connectivity index (χ3v) is 14.0. The zero-order valence-corrected chi connectivity index (χ0v) is 43.4. The Balaban J connectivity index is 3.43. The fourth-order valence-electron chi connectivity index (χ4n) is 9.54. The number of nitrogens with one attached hydrogen (secondary N) is 1. The van der Waals surface area contributed by atoms with Crippen molar-refractivity contribution in [3.8, 4) is 0 Å². The van der Waals surface area contributed by atoms with Gasteiger partial charge in [0.15, 0.2) is 0 Å². The van der Waals surface area contributed by atoms with E-state index in [1.807, 2.05) is 6.08 Å². The van der Waals surface area contributed by atoms with E-state index >= 15 is 0 Å². The lowest BCUT2D eigenvalue weighted by molar-refractivity contribution is -0.123. The molecule has 0 rings (SSSR count). The van der Waals surface area contributed by atoms with E-state index in [0.29, 0.717) is 6.42 Å². The van der Waals surface area contributed by atoms with Crippen LogP contribution in [0.15, 0.2) is 12.2 Å². The molecule has 4 heteroatoms. The van der Waals surface area contributed by atoms with Crippen molar-refractivity contribution in [2.24, 2.45) is 0 Å². The van der Waals surface area contributed by atoms with Crippen molar-refractivity contribution in [1.29, 1.82) is 0 Å². The lowest BCUT2D eigenvalue weighted by atomic mass is 10.0. The first-order valence-corrected chi connectivity index (χ1v) is 29.4. The quantitative estimate of drug-likeness (QED) is 0.0421. The van der Waals surface area contributed by atoms with Gasteiger partial charge in [0.05, 0.1) is 18.8 Å². The van der Waals surface area contributed by atoms with E-state index in [4.69, 9.17) is 0 Å². The number of amides is 1. The van der Waals surface area contributed by atoms with E-state index in [1.165, 1.54) is 295 Å². The number of hydrogen-bond donors (Lipinski definition) is 3. The zero-order chi connectivity index (χ0) is 45.6. The molecule has 4 nitrogen and oxygen atoms in total. The van der Waals surface area contributed by atoms with Gasteiger partial charge in [0.25, 0.3) is 0 Å². The van der Waals surface area contributed by atoms with Gasteiger partial charge in [-0.15, -0.1) is 0 Å². The molecule has 0 aliphatic heterocycles. The molecule has 0 aliphatic carbocycles. The molecule has 0 bridgehead atoms.